The Labute approximate surface area is 99.5 Å². The van der Waals surface area contributed by atoms with E-state index < -0.39 is 0 Å². The fraction of sp³-hybridized carbons (Fsp3) is 0.571. The Hall–Kier alpha value is -1.02. The van der Waals surface area contributed by atoms with Crippen LogP contribution in [0.1, 0.15) is 32.3 Å². The van der Waals surface area contributed by atoms with E-state index in [0.29, 0.717) is 6.54 Å². The average Bonchev–Trinajstić information content (AvgIpc) is 2.28. The van der Waals surface area contributed by atoms with Crippen molar-refractivity contribution in [2.75, 3.05) is 18.5 Å². The van der Waals surface area contributed by atoms with Crippen LogP contribution in [0.5, 0.6) is 0 Å². The van der Waals surface area contributed by atoms with Crippen molar-refractivity contribution >= 4 is 5.69 Å². The van der Waals surface area contributed by atoms with Crippen LogP contribution in [0.25, 0.3) is 0 Å². The molecule has 16 heavy (non-hydrogen) atoms. The molecule has 1 rings (SSSR count). The zero-order valence-electron chi connectivity index (χ0n) is 10.7. The van der Waals surface area contributed by atoms with E-state index in [1.807, 2.05) is 6.07 Å². The monoisotopic (exact) mass is 220 g/mol. The molecule has 0 saturated heterocycles. The van der Waals surface area contributed by atoms with Gasteiger partial charge in [0.15, 0.2) is 0 Å². The largest absolute Gasteiger partial charge is 0.374 e. The number of hydrogen-bond acceptors (Lipinski definition) is 2. The number of nitrogens with zero attached hydrogens (tertiary/aromatic N) is 1. The van der Waals surface area contributed by atoms with Crippen LogP contribution in [-0.2, 0) is 6.54 Å². The van der Waals surface area contributed by atoms with Crippen molar-refractivity contribution < 1.29 is 0 Å². The van der Waals surface area contributed by atoms with E-state index in [1.54, 1.807) is 0 Å². The van der Waals surface area contributed by atoms with Crippen LogP contribution in [0.3, 0.4) is 0 Å². The van der Waals surface area contributed by atoms with Gasteiger partial charge in [-0.25, -0.2) is 0 Å². The summed E-state index contributed by atoms with van der Waals surface area (Å²) in [4.78, 5) is 2.31. The maximum atomic E-state index is 5.74. The molecule has 90 valence electrons. The Bertz CT molecular complexity index is 307. The van der Waals surface area contributed by atoms with Crippen LogP contribution >= 0.6 is 0 Å². The summed E-state index contributed by atoms with van der Waals surface area (Å²) in [7, 11) is 2.15. The lowest BCUT2D eigenvalue weighted by atomic mass is 10.1. The summed E-state index contributed by atoms with van der Waals surface area (Å²) < 4.78 is 0. The van der Waals surface area contributed by atoms with E-state index in [1.165, 1.54) is 24.1 Å². The van der Waals surface area contributed by atoms with Gasteiger partial charge in [-0.2, -0.15) is 0 Å². The number of hydrogen-bond donors (Lipinski definition) is 1. The van der Waals surface area contributed by atoms with E-state index in [2.05, 4.69) is 44.0 Å². The zero-order valence-corrected chi connectivity index (χ0v) is 10.7. The molecule has 0 aliphatic rings. The SMILES string of the molecule is CC(C)CCCN(C)c1ccccc1CN. The summed E-state index contributed by atoms with van der Waals surface area (Å²) in [6.07, 6.45) is 2.53. The van der Waals surface area contributed by atoms with Gasteiger partial charge in [0.05, 0.1) is 0 Å². The van der Waals surface area contributed by atoms with Gasteiger partial charge in [-0.3, -0.25) is 0 Å². The molecule has 1 aromatic carbocycles. The van der Waals surface area contributed by atoms with Crippen molar-refractivity contribution in [2.24, 2.45) is 11.7 Å². The van der Waals surface area contributed by atoms with E-state index in [4.69, 9.17) is 5.73 Å². The van der Waals surface area contributed by atoms with Crippen molar-refractivity contribution in [1.82, 2.24) is 0 Å². The number of anilines is 1. The number of nitrogens with two attached hydrogens (primary N) is 1. The third-order valence-electron chi connectivity index (χ3n) is 2.90. The zero-order chi connectivity index (χ0) is 12.0. The molecule has 0 aliphatic carbocycles. The Balaban J connectivity index is 2.55. The van der Waals surface area contributed by atoms with Crippen LogP contribution in [-0.4, -0.2) is 13.6 Å². The normalized spacial score (nSPS) is 10.8. The van der Waals surface area contributed by atoms with Crippen LogP contribution in [0.2, 0.25) is 0 Å². The second-order valence-corrected chi connectivity index (χ2v) is 4.79. The molecule has 2 nitrogen and oxygen atoms in total. The van der Waals surface area contributed by atoms with Gasteiger partial charge in [0, 0.05) is 25.8 Å². The lowest BCUT2D eigenvalue weighted by Crippen LogP contribution is -2.21. The van der Waals surface area contributed by atoms with Crippen LogP contribution in [0.4, 0.5) is 5.69 Å². The first kappa shape index (κ1) is 13.0. The topological polar surface area (TPSA) is 29.3 Å². The summed E-state index contributed by atoms with van der Waals surface area (Å²) in [6, 6.07) is 8.38. The van der Waals surface area contributed by atoms with Gasteiger partial charge in [-0.15, -0.1) is 0 Å². The second-order valence-electron chi connectivity index (χ2n) is 4.79. The van der Waals surface area contributed by atoms with Gasteiger partial charge in [0.25, 0.3) is 0 Å². The maximum Gasteiger partial charge on any atom is 0.0409 e. The van der Waals surface area contributed by atoms with Crippen LogP contribution in [0.15, 0.2) is 24.3 Å². The second kappa shape index (κ2) is 6.54. The molecule has 0 unspecified atom stereocenters. The highest BCUT2D eigenvalue weighted by molar-refractivity contribution is 5.52. The van der Waals surface area contributed by atoms with Crippen molar-refractivity contribution in [3.05, 3.63) is 29.8 Å². The van der Waals surface area contributed by atoms with Crippen LogP contribution in [0, 0.1) is 5.92 Å². The molecule has 0 radical (unpaired) electrons. The molecule has 0 amide bonds. The molecule has 0 aliphatic heterocycles. The van der Waals surface area contributed by atoms with Gasteiger partial charge in [0.2, 0.25) is 0 Å². The predicted octanol–water partition coefficient (Wildman–Crippen LogP) is 3.02. The quantitative estimate of drug-likeness (QED) is 0.798. The molecule has 0 atom stereocenters. The lowest BCUT2D eigenvalue weighted by Gasteiger charge is -2.22. The van der Waals surface area contributed by atoms with E-state index >= 15 is 0 Å². The van der Waals surface area contributed by atoms with Gasteiger partial charge in [-0.1, -0.05) is 32.0 Å². The average molecular weight is 220 g/mol. The van der Waals surface area contributed by atoms with Crippen molar-refractivity contribution in [1.29, 1.82) is 0 Å². The summed E-state index contributed by atoms with van der Waals surface area (Å²) >= 11 is 0. The Morgan fingerprint density at radius 2 is 1.94 bits per heavy atom. The van der Waals surface area contributed by atoms with Crippen molar-refractivity contribution in [3.63, 3.8) is 0 Å². The molecule has 0 bridgehead atoms. The third kappa shape index (κ3) is 3.86. The van der Waals surface area contributed by atoms with E-state index in [9.17, 15) is 0 Å². The van der Waals surface area contributed by atoms with Crippen molar-refractivity contribution in [3.8, 4) is 0 Å². The smallest absolute Gasteiger partial charge is 0.0409 e. The summed E-state index contributed by atoms with van der Waals surface area (Å²) in [6.45, 7) is 6.27. The molecular weight excluding hydrogens is 196 g/mol. The third-order valence-corrected chi connectivity index (χ3v) is 2.90. The Morgan fingerprint density at radius 3 is 2.56 bits per heavy atom. The van der Waals surface area contributed by atoms with Gasteiger partial charge >= 0.3 is 0 Å². The Kier molecular flexibility index (Phi) is 5.33. The maximum absolute atomic E-state index is 5.74. The molecular formula is C14H24N2. The summed E-state index contributed by atoms with van der Waals surface area (Å²) in [5.74, 6) is 0.790. The molecule has 0 spiro atoms. The number of rotatable bonds is 6. The molecule has 2 heteroatoms. The van der Waals surface area contributed by atoms with Crippen molar-refractivity contribution in [2.45, 2.75) is 33.2 Å². The number of para-hydroxylation sites is 1. The van der Waals surface area contributed by atoms with Crippen LogP contribution < -0.4 is 10.6 Å². The van der Waals surface area contributed by atoms with Gasteiger partial charge < -0.3 is 10.6 Å². The minimum Gasteiger partial charge on any atom is -0.374 e. The molecule has 0 aromatic heterocycles. The highest BCUT2D eigenvalue weighted by Crippen LogP contribution is 2.19. The van der Waals surface area contributed by atoms with E-state index in [-0.39, 0.29) is 0 Å². The minimum absolute atomic E-state index is 0.616. The van der Waals surface area contributed by atoms with E-state index in [0.717, 1.165) is 12.5 Å². The van der Waals surface area contributed by atoms with Gasteiger partial charge in [0.1, 0.15) is 0 Å². The fourth-order valence-corrected chi connectivity index (χ4v) is 1.91. The first-order valence-electron chi connectivity index (χ1n) is 6.14. The molecule has 2 N–H and O–H groups in total. The number of benzene rings is 1. The molecule has 0 heterocycles. The first-order chi connectivity index (χ1) is 7.65. The lowest BCUT2D eigenvalue weighted by molar-refractivity contribution is 0.555. The summed E-state index contributed by atoms with van der Waals surface area (Å²) in [5, 5.41) is 0. The first-order valence-corrected chi connectivity index (χ1v) is 6.14. The highest BCUT2D eigenvalue weighted by atomic mass is 15.1. The highest BCUT2D eigenvalue weighted by Gasteiger charge is 2.05. The van der Waals surface area contributed by atoms with Gasteiger partial charge in [-0.05, 0) is 30.4 Å². The standard InChI is InChI=1S/C14H24N2/c1-12(2)7-6-10-16(3)14-9-5-4-8-13(14)11-15/h4-5,8-9,12H,6-7,10-11,15H2,1-3H3. The molecule has 0 fully saturated rings. The summed E-state index contributed by atoms with van der Waals surface area (Å²) in [5.41, 5.74) is 8.24. The predicted molar refractivity (Wildman–Crippen MR) is 71.7 cm³/mol. The fourth-order valence-electron chi connectivity index (χ4n) is 1.91. The molecule has 1 aromatic rings. The Morgan fingerprint density at radius 1 is 1.25 bits per heavy atom. The molecule has 0 saturated carbocycles. The minimum atomic E-state index is 0.616.